The maximum atomic E-state index is 13.0. The van der Waals surface area contributed by atoms with Crippen LogP contribution in [0, 0.1) is 33.1 Å². The number of alkyl halides is 3. The van der Waals surface area contributed by atoms with E-state index in [0.29, 0.717) is 5.56 Å². The van der Waals surface area contributed by atoms with Gasteiger partial charge in [0.05, 0.1) is 5.57 Å². The van der Waals surface area contributed by atoms with Crippen LogP contribution in [0.2, 0.25) is 0 Å². The number of amides is 1. The van der Waals surface area contributed by atoms with Crippen LogP contribution in [0.5, 0.6) is 0 Å². The molecule has 0 fully saturated rings. The monoisotopic (exact) mass is 445 g/mol. The molecule has 2 aliphatic rings. The molecule has 1 aromatic carbocycles. The highest BCUT2D eigenvalue weighted by Crippen LogP contribution is 2.35. The molecule has 1 N–H and O–H groups in total. The van der Waals surface area contributed by atoms with Crippen molar-refractivity contribution in [2.24, 2.45) is 10.1 Å². The number of nitrogens with one attached hydrogen (secondary N) is 1. The van der Waals surface area contributed by atoms with Gasteiger partial charge in [-0.3, -0.25) is 10.2 Å². The summed E-state index contributed by atoms with van der Waals surface area (Å²) >= 11 is 0.235. The van der Waals surface area contributed by atoms with E-state index in [0.717, 1.165) is 33.2 Å². The van der Waals surface area contributed by atoms with Gasteiger partial charge in [-0.15, -0.1) is 0 Å². The third kappa shape index (κ3) is 3.50. The first-order chi connectivity index (χ1) is 14.5. The zero-order valence-electron chi connectivity index (χ0n) is 17.1. The van der Waals surface area contributed by atoms with Crippen LogP contribution in [0.3, 0.4) is 0 Å². The van der Waals surface area contributed by atoms with E-state index in [1.54, 1.807) is 0 Å². The molecule has 31 heavy (non-hydrogen) atoms. The maximum absolute atomic E-state index is 13.0. The normalized spacial score (nSPS) is 17.9. The van der Waals surface area contributed by atoms with Gasteiger partial charge in [0.2, 0.25) is 10.2 Å². The molecule has 3 heterocycles. The molecular weight excluding hydrogens is 427 g/mol. The number of amidine groups is 2. The summed E-state index contributed by atoms with van der Waals surface area (Å²) in [5, 5.41) is 11.0. The van der Waals surface area contributed by atoms with Gasteiger partial charge in [0.1, 0.15) is 0 Å². The van der Waals surface area contributed by atoms with Gasteiger partial charge < -0.3 is 4.57 Å². The summed E-state index contributed by atoms with van der Waals surface area (Å²) in [6.45, 7) is 7.87. The Balaban J connectivity index is 1.77. The number of fused-ring (bicyclic) bond motifs is 1. The van der Waals surface area contributed by atoms with E-state index in [9.17, 15) is 18.0 Å². The lowest BCUT2D eigenvalue weighted by Gasteiger charge is -2.20. The average Bonchev–Trinajstić information content (AvgIpc) is 3.23. The van der Waals surface area contributed by atoms with Gasteiger partial charge in [0.15, 0.2) is 5.84 Å². The fraction of sp³-hybridized carbons (Fsp3) is 0.238. The number of hydrogen-bond acceptors (Lipinski definition) is 4. The van der Waals surface area contributed by atoms with E-state index in [2.05, 4.69) is 10.1 Å². The van der Waals surface area contributed by atoms with Gasteiger partial charge in [0.25, 0.3) is 5.91 Å². The molecule has 6 nitrogen and oxygen atoms in total. The van der Waals surface area contributed by atoms with Crippen molar-refractivity contribution in [3.05, 3.63) is 57.9 Å². The fourth-order valence-corrected chi connectivity index (χ4v) is 4.30. The topological polar surface area (TPSA) is 73.8 Å². The van der Waals surface area contributed by atoms with Crippen molar-refractivity contribution in [3.63, 3.8) is 0 Å². The molecule has 10 heteroatoms. The predicted octanol–water partition coefficient (Wildman–Crippen LogP) is 4.89. The van der Waals surface area contributed by atoms with Crippen molar-refractivity contribution >= 4 is 39.8 Å². The number of hydrazone groups is 1. The number of halogens is 3. The smallest absolute Gasteiger partial charge is 0.318 e. The Kier molecular flexibility index (Phi) is 4.92. The second-order valence-corrected chi connectivity index (χ2v) is 8.26. The van der Waals surface area contributed by atoms with Crippen molar-refractivity contribution in [1.29, 1.82) is 5.41 Å². The molecule has 0 saturated carbocycles. The van der Waals surface area contributed by atoms with Gasteiger partial charge in [0, 0.05) is 17.1 Å². The summed E-state index contributed by atoms with van der Waals surface area (Å²) < 4.78 is 41.0. The number of aliphatic imine (C=N–C) groups is 1. The van der Waals surface area contributed by atoms with Crippen molar-refractivity contribution in [3.8, 4) is 5.69 Å². The third-order valence-electron chi connectivity index (χ3n) is 5.28. The van der Waals surface area contributed by atoms with Crippen LogP contribution in [0.15, 0.2) is 39.9 Å². The molecule has 0 saturated heterocycles. The molecule has 0 atom stereocenters. The van der Waals surface area contributed by atoms with Gasteiger partial charge in [-0.05, 0) is 74.4 Å². The van der Waals surface area contributed by atoms with Crippen LogP contribution >= 0.6 is 11.8 Å². The number of hydrogen-bond donors (Lipinski definition) is 1. The lowest BCUT2D eigenvalue weighted by Crippen LogP contribution is -2.35. The molecule has 0 unspecified atom stereocenters. The van der Waals surface area contributed by atoms with Crippen LogP contribution in [0.4, 0.5) is 13.2 Å². The highest BCUT2D eigenvalue weighted by atomic mass is 32.2. The van der Waals surface area contributed by atoms with Crippen molar-refractivity contribution in [2.45, 2.75) is 33.9 Å². The highest BCUT2D eigenvalue weighted by molar-refractivity contribution is 8.27. The Morgan fingerprint density at radius 1 is 1.16 bits per heavy atom. The minimum atomic E-state index is -4.67. The van der Waals surface area contributed by atoms with Crippen LogP contribution in [-0.4, -0.2) is 37.7 Å². The number of benzene rings is 1. The quantitative estimate of drug-likeness (QED) is 0.669. The number of rotatable bonds is 2. The highest BCUT2D eigenvalue weighted by Gasteiger charge is 2.46. The SMILES string of the molecule is Cc1cccc(-n2c(C)cc(/C=C3/C(=N)N4N=C(C(F)(F)F)SC4=NC3=O)c2C)c1C. The molecule has 0 spiro atoms. The number of nitrogens with zero attached hydrogens (tertiary/aromatic N) is 4. The lowest BCUT2D eigenvalue weighted by atomic mass is 10.1. The fourth-order valence-electron chi connectivity index (χ4n) is 3.54. The van der Waals surface area contributed by atoms with E-state index in [4.69, 9.17) is 5.41 Å². The van der Waals surface area contributed by atoms with Crippen LogP contribution in [0.1, 0.15) is 28.1 Å². The molecule has 2 aliphatic heterocycles. The Hall–Kier alpha value is -3.14. The molecule has 0 aliphatic carbocycles. The maximum Gasteiger partial charge on any atom is 0.441 e. The Morgan fingerprint density at radius 2 is 1.87 bits per heavy atom. The first kappa shape index (κ1) is 21.1. The summed E-state index contributed by atoms with van der Waals surface area (Å²) in [7, 11) is 0. The van der Waals surface area contributed by atoms with Gasteiger partial charge in [-0.25, -0.2) is 0 Å². The van der Waals surface area contributed by atoms with E-state index < -0.39 is 23.0 Å². The van der Waals surface area contributed by atoms with Crippen LogP contribution in [0.25, 0.3) is 11.8 Å². The molecular formula is C21H18F3N5OS. The Bertz CT molecular complexity index is 1240. The lowest BCUT2D eigenvalue weighted by molar-refractivity contribution is -0.114. The number of aryl methyl sites for hydroxylation is 2. The van der Waals surface area contributed by atoms with E-state index in [1.807, 2.05) is 56.5 Å². The predicted molar refractivity (Wildman–Crippen MR) is 116 cm³/mol. The summed E-state index contributed by atoms with van der Waals surface area (Å²) in [4.78, 5) is 16.2. The summed E-state index contributed by atoms with van der Waals surface area (Å²) in [5.74, 6) is -1.20. The largest absolute Gasteiger partial charge is 0.441 e. The molecule has 160 valence electrons. The summed E-state index contributed by atoms with van der Waals surface area (Å²) in [5.41, 5.74) is 5.58. The van der Waals surface area contributed by atoms with Crippen molar-refractivity contribution in [2.75, 3.05) is 0 Å². The van der Waals surface area contributed by atoms with Crippen LogP contribution < -0.4 is 0 Å². The van der Waals surface area contributed by atoms with Gasteiger partial charge in [-0.2, -0.15) is 28.3 Å². The number of carbonyl (C=O) groups is 1. The summed E-state index contributed by atoms with van der Waals surface area (Å²) in [6, 6.07) is 7.86. The summed E-state index contributed by atoms with van der Waals surface area (Å²) in [6.07, 6.45) is -3.19. The third-order valence-corrected chi connectivity index (χ3v) is 6.24. The average molecular weight is 445 g/mol. The number of carbonyl (C=O) groups excluding carboxylic acids is 1. The molecule has 0 radical (unpaired) electrons. The van der Waals surface area contributed by atoms with Crippen molar-refractivity contribution in [1.82, 2.24) is 9.58 Å². The van der Waals surface area contributed by atoms with E-state index in [-0.39, 0.29) is 22.5 Å². The Labute approximate surface area is 180 Å². The Morgan fingerprint density at radius 3 is 2.55 bits per heavy atom. The van der Waals surface area contributed by atoms with E-state index >= 15 is 0 Å². The minimum absolute atomic E-state index is 0.113. The first-order valence-electron chi connectivity index (χ1n) is 9.32. The second kappa shape index (κ2) is 7.23. The molecule has 1 amide bonds. The zero-order valence-corrected chi connectivity index (χ0v) is 17.9. The van der Waals surface area contributed by atoms with Gasteiger partial charge >= 0.3 is 6.18 Å². The number of thioether (sulfide) groups is 1. The van der Waals surface area contributed by atoms with Crippen molar-refractivity contribution < 1.29 is 18.0 Å². The second-order valence-electron chi connectivity index (χ2n) is 7.30. The molecule has 2 aromatic rings. The molecule has 4 rings (SSSR count). The molecule has 1 aromatic heterocycles. The standard InChI is InChI=1S/C21H18F3N5OS/c1-10-6-5-7-16(12(10)3)28-11(2)8-14(13(28)4)9-15-17(25)29-20(26-18(15)30)31-19(27-29)21(22,23)24/h5-9,25H,1-4H3/b15-9-,25-17?. The number of aromatic nitrogens is 1. The van der Waals surface area contributed by atoms with Gasteiger partial charge in [-0.1, -0.05) is 12.1 Å². The first-order valence-corrected chi connectivity index (χ1v) is 10.1. The van der Waals surface area contributed by atoms with Crippen LogP contribution in [-0.2, 0) is 4.79 Å². The molecule has 0 bridgehead atoms. The zero-order chi connectivity index (χ0) is 22.7. The minimum Gasteiger partial charge on any atom is -0.318 e. The van der Waals surface area contributed by atoms with E-state index in [1.165, 1.54) is 6.08 Å².